The average Bonchev–Trinajstić information content (AvgIpc) is 2.20. The highest BCUT2D eigenvalue weighted by atomic mass is 35.5. The lowest BCUT2D eigenvalue weighted by atomic mass is 9.96. The maximum atomic E-state index is 10.1. The lowest BCUT2D eigenvalue weighted by molar-refractivity contribution is 0.0573. The zero-order valence-corrected chi connectivity index (χ0v) is 10.6. The molecule has 90 valence electrons. The van der Waals surface area contributed by atoms with Gasteiger partial charge in [0.2, 0.25) is 0 Å². The first kappa shape index (κ1) is 13.5. The van der Waals surface area contributed by atoms with Crippen LogP contribution in [-0.2, 0) is 5.60 Å². The van der Waals surface area contributed by atoms with Crippen molar-refractivity contribution >= 4 is 23.2 Å². The van der Waals surface area contributed by atoms with E-state index >= 15 is 0 Å². The largest absolute Gasteiger partial charge is 0.495 e. The first-order valence-electron chi connectivity index (χ1n) is 4.61. The number of hydrogen-bond acceptors (Lipinski definition) is 4. The molecule has 1 atom stereocenters. The Balaban J connectivity index is 3.20. The van der Waals surface area contributed by atoms with Crippen molar-refractivity contribution in [1.82, 2.24) is 5.43 Å². The standard InChI is InChI=1S/C10H14Cl2N2O2/c1-10(15,5-14-13)6-3-8(12)9(16-2)4-7(6)11/h3-4,14-15H,5,13H2,1-2H3. The molecule has 4 nitrogen and oxygen atoms in total. The van der Waals surface area contributed by atoms with E-state index in [0.717, 1.165) is 0 Å². The topological polar surface area (TPSA) is 67.5 Å². The number of hydrogen-bond donors (Lipinski definition) is 3. The van der Waals surface area contributed by atoms with E-state index in [1.54, 1.807) is 19.1 Å². The Morgan fingerprint density at radius 3 is 2.56 bits per heavy atom. The third-order valence-electron chi connectivity index (χ3n) is 2.27. The number of ether oxygens (including phenoxy) is 1. The van der Waals surface area contributed by atoms with E-state index < -0.39 is 5.60 Å². The third kappa shape index (κ3) is 2.78. The molecule has 1 unspecified atom stereocenters. The van der Waals surface area contributed by atoms with Crippen molar-refractivity contribution in [2.24, 2.45) is 5.84 Å². The van der Waals surface area contributed by atoms with Crippen molar-refractivity contribution in [3.05, 3.63) is 27.7 Å². The molecule has 0 bridgehead atoms. The number of rotatable bonds is 4. The van der Waals surface area contributed by atoms with Crippen molar-refractivity contribution < 1.29 is 9.84 Å². The molecular formula is C10H14Cl2N2O2. The number of hydrazine groups is 1. The van der Waals surface area contributed by atoms with Gasteiger partial charge in [0.05, 0.1) is 17.2 Å². The summed E-state index contributed by atoms with van der Waals surface area (Å²) in [6.45, 7) is 1.76. The molecule has 0 aromatic heterocycles. The molecule has 0 saturated heterocycles. The molecule has 1 aromatic carbocycles. The molecule has 0 saturated carbocycles. The second-order valence-corrected chi connectivity index (χ2v) is 4.44. The van der Waals surface area contributed by atoms with Crippen molar-refractivity contribution in [1.29, 1.82) is 0 Å². The van der Waals surface area contributed by atoms with Crippen LogP contribution < -0.4 is 16.0 Å². The SMILES string of the molecule is COc1cc(Cl)c(C(C)(O)CNN)cc1Cl. The monoisotopic (exact) mass is 264 g/mol. The van der Waals surface area contributed by atoms with Crippen molar-refractivity contribution in [3.63, 3.8) is 0 Å². The Morgan fingerprint density at radius 1 is 1.44 bits per heavy atom. The molecule has 4 N–H and O–H groups in total. The Labute approximate surface area is 104 Å². The van der Waals surface area contributed by atoms with Gasteiger partial charge in [0.15, 0.2) is 0 Å². The highest BCUT2D eigenvalue weighted by Gasteiger charge is 2.26. The van der Waals surface area contributed by atoms with Crippen LogP contribution >= 0.6 is 23.2 Å². The summed E-state index contributed by atoms with van der Waals surface area (Å²) in [4.78, 5) is 0. The van der Waals surface area contributed by atoms with E-state index in [0.29, 0.717) is 21.4 Å². The van der Waals surface area contributed by atoms with Gasteiger partial charge in [-0.25, -0.2) is 0 Å². The van der Waals surface area contributed by atoms with Crippen LogP contribution in [0.4, 0.5) is 0 Å². The summed E-state index contributed by atoms with van der Waals surface area (Å²) in [5.74, 6) is 5.65. The number of aliphatic hydroxyl groups is 1. The average molecular weight is 265 g/mol. The van der Waals surface area contributed by atoms with Gasteiger partial charge >= 0.3 is 0 Å². The molecule has 6 heteroatoms. The lowest BCUT2D eigenvalue weighted by Crippen LogP contribution is -2.39. The van der Waals surface area contributed by atoms with Crippen LogP contribution in [0, 0.1) is 0 Å². The van der Waals surface area contributed by atoms with E-state index in [1.807, 2.05) is 0 Å². The van der Waals surface area contributed by atoms with Crippen LogP contribution in [0.3, 0.4) is 0 Å². The minimum absolute atomic E-state index is 0.162. The minimum Gasteiger partial charge on any atom is -0.495 e. The van der Waals surface area contributed by atoms with Gasteiger partial charge in [0.1, 0.15) is 11.4 Å². The van der Waals surface area contributed by atoms with E-state index in [2.05, 4.69) is 5.43 Å². The predicted octanol–water partition coefficient (Wildman–Crippen LogP) is 1.67. The summed E-state index contributed by atoms with van der Waals surface area (Å²) in [5, 5.41) is 10.9. The van der Waals surface area contributed by atoms with Gasteiger partial charge in [0.25, 0.3) is 0 Å². The second kappa shape index (κ2) is 5.21. The maximum absolute atomic E-state index is 10.1. The minimum atomic E-state index is -1.19. The molecule has 0 aliphatic heterocycles. The van der Waals surface area contributed by atoms with Crippen LogP contribution in [0.15, 0.2) is 12.1 Å². The molecule has 0 heterocycles. The summed E-state index contributed by atoms with van der Waals surface area (Å²) in [6, 6.07) is 3.13. The first-order valence-corrected chi connectivity index (χ1v) is 5.37. The van der Waals surface area contributed by atoms with Crippen LogP contribution in [-0.4, -0.2) is 18.8 Å². The third-order valence-corrected chi connectivity index (χ3v) is 2.88. The van der Waals surface area contributed by atoms with Crippen molar-refractivity contribution in [3.8, 4) is 5.75 Å². The van der Waals surface area contributed by atoms with Crippen LogP contribution in [0.2, 0.25) is 10.0 Å². The molecular weight excluding hydrogens is 251 g/mol. The Kier molecular flexibility index (Phi) is 4.41. The summed E-state index contributed by atoms with van der Waals surface area (Å²) < 4.78 is 5.02. The second-order valence-electron chi connectivity index (χ2n) is 3.62. The fraction of sp³-hybridized carbons (Fsp3) is 0.400. The van der Waals surface area contributed by atoms with E-state index in [1.165, 1.54) is 7.11 Å². The predicted molar refractivity (Wildman–Crippen MR) is 64.8 cm³/mol. The molecule has 0 radical (unpaired) electrons. The van der Waals surface area contributed by atoms with Crippen LogP contribution in [0.25, 0.3) is 0 Å². The van der Waals surface area contributed by atoms with Gasteiger partial charge in [-0.05, 0) is 13.0 Å². The van der Waals surface area contributed by atoms with Crippen molar-refractivity contribution in [2.75, 3.05) is 13.7 Å². The molecule has 0 fully saturated rings. The summed E-state index contributed by atoms with van der Waals surface area (Å²) in [5.41, 5.74) is 1.70. The Hall–Kier alpha value is -0.520. The molecule has 0 aliphatic carbocycles. The molecule has 1 rings (SSSR count). The molecule has 0 spiro atoms. The fourth-order valence-electron chi connectivity index (χ4n) is 1.39. The van der Waals surface area contributed by atoms with E-state index in [-0.39, 0.29) is 6.54 Å². The number of halogens is 2. The normalized spacial score (nSPS) is 14.6. The number of nitrogens with two attached hydrogens (primary N) is 1. The van der Waals surface area contributed by atoms with Gasteiger partial charge in [0, 0.05) is 18.2 Å². The summed E-state index contributed by atoms with van der Waals surface area (Å²) in [7, 11) is 1.50. The quantitative estimate of drug-likeness (QED) is 0.572. The fourth-order valence-corrected chi connectivity index (χ4v) is 1.99. The zero-order chi connectivity index (χ0) is 12.3. The maximum Gasteiger partial charge on any atom is 0.138 e. The molecule has 16 heavy (non-hydrogen) atoms. The van der Waals surface area contributed by atoms with Gasteiger partial charge in [-0.3, -0.25) is 11.3 Å². The molecule has 1 aromatic rings. The van der Waals surface area contributed by atoms with Gasteiger partial charge < -0.3 is 9.84 Å². The van der Waals surface area contributed by atoms with Gasteiger partial charge in [-0.2, -0.15) is 0 Å². The lowest BCUT2D eigenvalue weighted by Gasteiger charge is -2.25. The van der Waals surface area contributed by atoms with E-state index in [9.17, 15) is 5.11 Å². The number of benzene rings is 1. The Morgan fingerprint density at radius 2 is 2.06 bits per heavy atom. The zero-order valence-electron chi connectivity index (χ0n) is 9.05. The summed E-state index contributed by atoms with van der Waals surface area (Å²) >= 11 is 12.0. The Bertz CT molecular complexity index is 383. The van der Waals surface area contributed by atoms with Crippen LogP contribution in [0.1, 0.15) is 12.5 Å². The highest BCUT2D eigenvalue weighted by molar-refractivity contribution is 6.34. The highest BCUT2D eigenvalue weighted by Crippen LogP contribution is 2.35. The first-order chi connectivity index (χ1) is 7.42. The number of methoxy groups -OCH3 is 1. The van der Waals surface area contributed by atoms with Crippen molar-refractivity contribution in [2.45, 2.75) is 12.5 Å². The molecule has 0 amide bonds. The van der Waals surface area contributed by atoms with Gasteiger partial charge in [-0.15, -0.1) is 0 Å². The number of nitrogens with one attached hydrogen (secondary N) is 1. The van der Waals surface area contributed by atoms with Gasteiger partial charge in [-0.1, -0.05) is 23.2 Å². The van der Waals surface area contributed by atoms with E-state index in [4.69, 9.17) is 33.8 Å². The van der Waals surface area contributed by atoms with Crippen LogP contribution in [0.5, 0.6) is 5.75 Å². The smallest absolute Gasteiger partial charge is 0.138 e. The molecule has 0 aliphatic rings. The summed E-state index contributed by atoms with van der Waals surface area (Å²) in [6.07, 6.45) is 0.